The van der Waals surface area contributed by atoms with Crippen molar-refractivity contribution in [3.63, 3.8) is 0 Å². The lowest BCUT2D eigenvalue weighted by atomic mass is 9.98. The molecule has 1 saturated heterocycles. The molecular weight excluding hydrogens is 340 g/mol. The number of piperidine rings is 1. The highest BCUT2D eigenvalue weighted by atomic mass is 35.5. The third-order valence-corrected chi connectivity index (χ3v) is 4.79. The van der Waals surface area contributed by atoms with E-state index >= 15 is 0 Å². The van der Waals surface area contributed by atoms with E-state index in [-0.39, 0.29) is 5.91 Å². The molecule has 1 fully saturated rings. The second kappa shape index (κ2) is 8.45. The van der Waals surface area contributed by atoms with Crippen LogP contribution < -0.4 is 5.32 Å². The quantitative estimate of drug-likeness (QED) is 0.855. The van der Waals surface area contributed by atoms with E-state index in [4.69, 9.17) is 16.1 Å². The average molecular weight is 363 g/mol. The number of halogens is 1. The first-order chi connectivity index (χ1) is 12.1. The van der Waals surface area contributed by atoms with Gasteiger partial charge in [-0.05, 0) is 36.9 Å². The van der Waals surface area contributed by atoms with Gasteiger partial charge in [-0.25, -0.2) is 0 Å². The molecule has 2 heterocycles. The van der Waals surface area contributed by atoms with Crippen LogP contribution in [0, 0.1) is 5.92 Å². The van der Waals surface area contributed by atoms with E-state index in [2.05, 4.69) is 20.4 Å². The van der Waals surface area contributed by atoms with Crippen molar-refractivity contribution in [2.75, 3.05) is 19.6 Å². The molecule has 3 rings (SSSR count). The summed E-state index contributed by atoms with van der Waals surface area (Å²) >= 11 is 6.18. The highest BCUT2D eigenvalue weighted by Crippen LogP contribution is 2.20. The van der Waals surface area contributed by atoms with Crippen molar-refractivity contribution in [2.24, 2.45) is 5.92 Å². The second-order valence-electron chi connectivity index (χ2n) is 6.55. The smallest absolute Gasteiger partial charge is 0.240 e. The molecule has 6 nitrogen and oxygen atoms in total. The van der Waals surface area contributed by atoms with Gasteiger partial charge in [0.15, 0.2) is 5.82 Å². The number of likely N-dealkylation sites (tertiary alicyclic amines) is 1. The van der Waals surface area contributed by atoms with Gasteiger partial charge in [-0.2, -0.15) is 4.98 Å². The van der Waals surface area contributed by atoms with Gasteiger partial charge in [0.25, 0.3) is 0 Å². The van der Waals surface area contributed by atoms with Crippen LogP contribution in [0.1, 0.15) is 37.0 Å². The van der Waals surface area contributed by atoms with Crippen LogP contribution in [-0.2, 0) is 17.8 Å². The molecule has 0 saturated carbocycles. The van der Waals surface area contributed by atoms with E-state index in [9.17, 15) is 4.79 Å². The monoisotopic (exact) mass is 362 g/mol. The number of nitrogens with zero attached hydrogens (tertiary/aromatic N) is 3. The molecule has 2 aromatic rings. The second-order valence-corrected chi connectivity index (χ2v) is 6.96. The first-order valence-corrected chi connectivity index (χ1v) is 8.99. The Hall–Kier alpha value is -1.92. The average Bonchev–Trinajstić information content (AvgIpc) is 3.02. The minimum Gasteiger partial charge on any atom is -0.356 e. The molecular formula is C18H23ClN4O2. The van der Waals surface area contributed by atoms with Crippen LogP contribution in [0.2, 0.25) is 5.02 Å². The number of nitrogens with one attached hydrogen (secondary N) is 1. The summed E-state index contributed by atoms with van der Waals surface area (Å²) in [5, 5.41) is 7.69. The highest BCUT2D eigenvalue weighted by Gasteiger charge is 2.22. The molecule has 1 aromatic heterocycles. The Bertz CT molecular complexity index is 719. The van der Waals surface area contributed by atoms with Crippen LogP contribution in [-0.4, -0.2) is 40.6 Å². The van der Waals surface area contributed by atoms with Crippen LogP contribution in [0.4, 0.5) is 0 Å². The molecule has 1 atom stereocenters. The molecule has 134 valence electrons. The fourth-order valence-corrected chi connectivity index (χ4v) is 3.38. The maximum absolute atomic E-state index is 11.1. The van der Waals surface area contributed by atoms with E-state index in [1.54, 1.807) is 6.92 Å². The first-order valence-electron chi connectivity index (χ1n) is 8.62. The number of benzene rings is 1. The lowest BCUT2D eigenvalue weighted by Gasteiger charge is -2.31. The third kappa shape index (κ3) is 5.28. The molecule has 1 aliphatic heterocycles. The lowest BCUT2D eigenvalue weighted by Crippen LogP contribution is -2.40. The zero-order valence-corrected chi connectivity index (χ0v) is 15.1. The summed E-state index contributed by atoms with van der Waals surface area (Å²) in [4.78, 5) is 17.9. The Balaban J connectivity index is 1.54. The number of aromatic nitrogens is 2. The topological polar surface area (TPSA) is 71.3 Å². The molecule has 0 aliphatic carbocycles. The van der Waals surface area contributed by atoms with Crippen molar-refractivity contribution in [1.82, 2.24) is 20.4 Å². The van der Waals surface area contributed by atoms with Gasteiger partial charge in [0.05, 0.1) is 6.54 Å². The summed E-state index contributed by atoms with van der Waals surface area (Å²) in [7, 11) is 0. The summed E-state index contributed by atoms with van der Waals surface area (Å²) < 4.78 is 5.40. The van der Waals surface area contributed by atoms with Gasteiger partial charge in [0.1, 0.15) is 0 Å². The van der Waals surface area contributed by atoms with Gasteiger partial charge < -0.3 is 9.84 Å². The maximum atomic E-state index is 11.1. The molecule has 1 N–H and O–H groups in total. The number of hydrogen-bond acceptors (Lipinski definition) is 5. The Labute approximate surface area is 152 Å². The number of amides is 1. The van der Waals surface area contributed by atoms with Gasteiger partial charge in [-0.3, -0.25) is 9.69 Å². The minimum absolute atomic E-state index is 0.0261. The van der Waals surface area contributed by atoms with Crippen molar-refractivity contribution in [2.45, 2.75) is 32.7 Å². The van der Waals surface area contributed by atoms with Gasteiger partial charge in [-0.1, -0.05) is 35.0 Å². The minimum atomic E-state index is 0.0261. The van der Waals surface area contributed by atoms with Crippen molar-refractivity contribution < 1.29 is 9.32 Å². The summed E-state index contributed by atoms with van der Waals surface area (Å²) in [5.41, 5.74) is 0.991. The molecule has 25 heavy (non-hydrogen) atoms. The molecule has 0 radical (unpaired) electrons. The zero-order chi connectivity index (χ0) is 17.6. The van der Waals surface area contributed by atoms with Crippen molar-refractivity contribution in [1.29, 1.82) is 0 Å². The van der Waals surface area contributed by atoms with Crippen LogP contribution in [0.5, 0.6) is 0 Å². The predicted molar refractivity (Wildman–Crippen MR) is 95.2 cm³/mol. The summed E-state index contributed by atoms with van der Waals surface area (Å²) in [6, 6.07) is 7.68. The van der Waals surface area contributed by atoms with Gasteiger partial charge >= 0.3 is 0 Å². The molecule has 0 spiro atoms. The summed E-state index contributed by atoms with van der Waals surface area (Å²) in [5.74, 6) is 1.78. The zero-order valence-electron chi connectivity index (χ0n) is 14.4. The van der Waals surface area contributed by atoms with E-state index < -0.39 is 0 Å². The molecule has 1 amide bonds. The predicted octanol–water partition coefficient (Wildman–Crippen LogP) is 2.66. The number of carbonyl (C=O) groups is 1. The van der Waals surface area contributed by atoms with Crippen molar-refractivity contribution >= 4 is 17.5 Å². The Morgan fingerprint density at radius 2 is 2.28 bits per heavy atom. The Morgan fingerprint density at radius 3 is 3.08 bits per heavy atom. The fourth-order valence-electron chi connectivity index (χ4n) is 3.18. The largest absolute Gasteiger partial charge is 0.356 e. The number of carbonyl (C=O) groups excluding carboxylic acids is 1. The summed E-state index contributed by atoms with van der Waals surface area (Å²) in [6.07, 6.45) is 2.82. The van der Waals surface area contributed by atoms with Crippen molar-refractivity contribution in [3.05, 3.63) is 46.6 Å². The van der Waals surface area contributed by atoms with Crippen LogP contribution in [0.25, 0.3) is 0 Å². The normalized spacial score (nSPS) is 18.2. The molecule has 0 bridgehead atoms. The Kier molecular flexibility index (Phi) is 6.04. The van der Waals surface area contributed by atoms with Gasteiger partial charge in [-0.15, -0.1) is 0 Å². The van der Waals surface area contributed by atoms with Crippen LogP contribution in [0.3, 0.4) is 0 Å². The third-order valence-electron chi connectivity index (χ3n) is 4.42. The van der Waals surface area contributed by atoms with E-state index in [0.29, 0.717) is 35.6 Å². The summed E-state index contributed by atoms with van der Waals surface area (Å²) in [6.45, 7) is 4.88. The standard InChI is InChI=1S/C18H23ClN4O2/c1-13(24)20-10-14-5-4-8-23(11-14)12-18-21-17(22-25-18)9-15-6-2-3-7-16(15)19/h2-3,6-7,14H,4-5,8-12H2,1H3,(H,20,24)/t14-/m1/s1. The van der Waals surface area contributed by atoms with E-state index in [1.165, 1.54) is 0 Å². The molecule has 7 heteroatoms. The molecule has 0 unspecified atom stereocenters. The lowest BCUT2D eigenvalue weighted by molar-refractivity contribution is -0.119. The number of hydrogen-bond donors (Lipinski definition) is 1. The maximum Gasteiger partial charge on any atom is 0.240 e. The van der Waals surface area contributed by atoms with Gasteiger partial charge in [0.2, 0.25) is 11.8 Å². The first kappa shape index (κ1) is 17.9. The SMILES string of the molecule is CC(=O)NC[C@H]1CCCN(Cc2nc(Cc3ccccc3Cl)no2)C1. The highest BCUT2D eigenvalue weighted by molar-refractivity contribution is 6.31. The fraction of sp³-hybridized carbons (Fsp3) is 0.500. The molecule has 1 aromatic carbocycles. The number of rotatable bonds is 6. The van der Waals surface area contributed by atoms with E-state index in [0.717, 1.165) is 38.0 Å². The molecule has 1 aliphatic rings. The van der Waals surface area contributed by atoms with Crippen LogP contribution >= 0.6 is 11.6 Å². The van der Waals surface area contributed by atoms with Crippen LogP contribution in [0.15, 0.2) is 28.8 Å². The van der Waals surface area contributed by atoms with E-state index in [1.807, 2.05) is 24.3 Å². The Morgan fingerprint density at radius 1 is 1.44 bits per heavy atom. The van der Waals surface area contributed by atoms with Gasteiger partial charge in [0, 0.05) is 31.5 Å². The van der Waals surface area contributed by atoms with Crippen molar-refractivity contribution in [3.8, 4) is 0 Å².